The van der Waals surface area contributed by atoms with E-state index < -0.39 is 11.0 Å². The van der Waals surface area contributed by atoms with Crippen molar-refractivity contribution in [2.24, 2.45) is 0 Å². The summed E-state index contributed by atoms with van der Waals surface area (Å²) in [5, 5.41) is 23.1. The van der Waals surface area contributed by atoms with E-state index in [0.717, 1.165) is 0 Å². The zero-order valence-corrected chi connectivity index (χ0v) is 8.80. The molecule has 0 bridgehead atoms. The van der Waals surface area contributed by atoms with E-state index in [9.17, 15) is 15.2 Å². The molecule has 0 fully saturated rings. The average Bonchev–Trinajstić information content (AvgIpc) is 2.29. The molecule has 0 saturated carbocycles. The molecule has 5 heteroatoms. The van der Waals surface area contributed by atoms with Gasteiger partial charge in [-0.05, 0) is 17.7 Å². The SMILES string of the molecule is C=CCNC[C@H](O)c1ccc([N+](=O)[O-])cc1. The van der Waals surface area contributed by atoms with E-state index in [0.29, 0.717) is 18.7 Å². The summed E-state index contributed by atoms with van der Waals surface area (Å²) in [5.74, 6) is 0. The van der Waals surface area contributed by atoms with Gasteiger partial charge >= 0.3 is 0 Å². The lowest BCUT2D eigenvalue weighted by Crippen LogP contribution is -2.21. The Labute approximate surface area is 93.6 Å². The first kappa shape index (κ1) is 12.4. The Kier molecular flexibility index (Phi) is 4.63. The Hall–Kier alpha value is -1.72. The maximum absolute atomic E-state index is 10.4. The van der Waals surface area contributed by atoms with Gasteiger partial charge in [0.15, 0.2) is 0 Å². The van der Waals surface area contributed by atoms with Crippen LogP contribution in [0, 0.1) is 10.1 Å². The fourth-order valence-corrected chi connectivity index (χ4v) is 1.26. The molecule has 1 aromatic rings. The smallest absolute Gasteiger partial charge is 0.269 e. The highest BCUT2D eigenvalue weighted by Gasteiger charge is 2.09. The number of hydrogen-bond acceptors (Lipinski definition) is 4. The number of aliphatic hydroxyl groups excluding tert-OH is 1. The lowest BCUT2D eigenvalue weighted by atomic mass is 10.1. The fourth-order valence-electron chi connectivity index (χ4n) is 1.26. The van der Waals surface area contributed by atoms with Gasteiger partial charge in [-0.25, -0.2) is 0 Å². The Balaban J connectivity index is 2.59. The summed E-state index contributed by atoms with van der Waals surface area (Å²) in [6, 6.07) is 5.87. The van der Waals surface area contributed by atoms with E-state index in [2.05, 4.69) is 11.9 Å². The highest BCUT2D eigenvalue weighted by atomic mass is 16.6. The van der Waals surface area contributed by atoms with Crippen LogP contribution < -0.4 is 5.32 Å². The van der Waals surface area contributed by atoms with Crippen molar-refractivity contribution in [3.05, 3.63) is 52.6 Å². The number of aliphatic hydroxyl groups is 1. The van der Waals surface area contributed by atoms with Crippen LogP contribution in [0.1, 0.15) is 11.7 Å². The third kappa shape index (κ3) is 3.45. The molecule has 0 aliphatic rings. The number of non-ortho nitro benzene ring substituents is 1. The average molecular weight is 222 g/mol. The Morgan fingerprint density at radius 1 is 1.50 bits per heavy atom. The lowest BCUT2D eigenvalue weighted by molar-refractivity contribution is -0.384. The maximum atomic E-state index is 10.4. The molecule has 16 heavy (non-hydrogen) atoms. The predicted molar refractivity (Wildman–Crippen MR) is 61.1 cm³/mol. The van der Waals surface area contributed by atoms with Crippen LogP contribution in [0.3, 0.4) is 0 Å². The van der Waals surface area contributed by atoms with Crippen molar-refractivity contribution in [2.75, 3.05) is 13.1 Å². The highest BCUT2D eigenvalue weighted by molar-refractivity contribution is 5.33. The van der Waals surface area contributed by atoms with Crippen LogP contribution >= 0.6 is 0 Å². The van der Waals surface area contributed by atoms with Gasteiger partial charge in [0, 0.05) is 25.2 Å². The number of nitrogens with zero attached hydrogens (tertiary/aromatic N) is 1. The summed E-state index contributed by atoms with van der Waals surface area (Å²) in [6.45, 7) is 4.55. The second kappa shape index (κ2) is 5.99. The third-order valence-corrected chi connectivity index (χ3v) is 2.12. The molecule has 86 valence electrons. The van der Waals surface area contributed by atoms with Crippen molar-refractivity contribution in [3.63, 3.8) is 0 Å². The molecule has 1 atom stereocenters. The minimum absolute atomic E-state index is 0.0231. The van der Waals surface area contributed by atoms with E-state index in [4.69, 9.17) is 0 Å². The Morgan fingerprint density at radius 3 is 2.62 bits per heavy atom. The standard InChI is InChI=1S/C11H14N2O3/c1-2-7-12-8-11(14)9-3-5-10(6-4-9)13(15)16/h2-6,11-12,14H,1,7-8H2/t11-/m0/s1. The zero-order chi connectivity index (χ0) is 12.0. The van der Waals surface area contributed by atoms with E-state index in [-0.39, 0.29) is 5.69 Å². The normalized spacial score (nSPS) is 12.1. The third-order valence-electron chi connectivity index (χ3n) is 2.12. The van der Waals surface area contributed by atoms with Crippen LogP contribution in [-0.4, -0.2) is 23.1 Å². The van der Waals surface area contributed by atoms with Crippen LogP contribution in [0.15, 0.2) is 36.9 Å². The Bertz CT molecular complexity index is 362. The van der Waals surface area contributed by atoms with Gasteiger partial charge in [0.05, 0.1) is 11.0 Å². The van der Waals surface area contributed by atoms with E-state index in [1.165, 1.54) is 12.1 Å². The van der Waals surface area contributed by atoms with Gasteiger partial charge in [0.2, 0.25) is 0 Å². The quantitative estimate of drug-likeness (QED) is 0.330. The van der Waals surface area contributed by atoms with E-state index >= 15 is 0 Å². The molecule has 1 aromatic carbocycles. The summed E-state index contributed by atoms with van der Waals surface area (Å²) in [5.41, 5.74) is 0.678. The van der Waals surface area contributed by atoms with Crippen LogP contribution in [-0.2, 0) is 0 Å². The number of nitro groups is 1. The summed E-state index contributed by atoms with van der Waals surface area (Å²) < 4.78 is 0. The van der Waals surface area contributed by atoms with E-state index in [1.807, 2.05) is 0 Å². The minimum atomic E-state index is -0.666. The maximum Gasteiger partial charge on any atom is 0.269 e. The van der Waals surface area contributed by atoms with Crippen molar-refractivity contribution in [1.82, 2.24) is 5.32 Å². The summed E-state index contributed by atoms with van der Waals surface area (Å²) in [7, 11) is 0. The van der Waals surface area contributed by atoms with Crippen molar-refractivity contribution in [3.8, 4) is 0 Å². The highest BCUT2D eigenvalue weighted by Crippen LogP contribution is 2.16. The lowest BCUT2D eigenvalue weighted by Gasteiger charge is -2.10. The van der Waals surface area contributed by atoms with Gasteiger partial charge in [0.1, 0.15) is 0 Å². The first-order chi connectivity index (χ1) is 7.65. The summed E-state index contributed by atoms with van der Waals surface area (Å²) in [6.07, 6.45) is 1.03. The molecule has 0 amide bonds. The van der Waals surface area contributed by atoms with Crippen molar-refractivity contribution >= 4 is 5.69 Å². The molecular weight excluding hydrogens is 208 g/mol. The van der Waals surface area contributed by atoms with Gasteiger partial charge in [-0.3, -0.25) is 10.1 Å². The molecule has 0 unspecified atom stereocenters. The van der Waals surface area contributed by atoms with Crippen LogP contribution in [0.5, 0.6) is 0 Å². The second-order valence-corrected chi connectivity index (χ2v) is 3.31. The first-order valence-electron chi connectivity index (χ1n) is 4.89. The van der Waals surface area contributed by atoms with Gasteiger partial charge in [-0.15, -0.1) is 6.58 Å². The topological polar surface area (TPSA) is 75.4 Å². The molecule has 0 aromatic heterocycles. The molecule has 1 rings (SSSR count). The predicted octanol–water partition coefficient (Wildman–Crippen LogP) is 1.40. The number of rotatable bonds is 6. The van der Waals surface area contributed by atoms with Crippen LogP contribution in [0.4, 0.5) is 5.69 Å². The number of hydrogen-bond donors (Lipinski definition) is 2. The number of benzene rings is 1. The molecule has 0 aliphatic heterocycles. The molecule has 0 aliphatic carbocycles. The summed E-state index contributed by atoms with van der Waals surface area (Å²) in [4.78, 5) is 9.95. The molecule has 2 N–H and O–H groups in total. The monoisotopic (exact) mass is 222 g/mol. The zero-order valence-electron chi connectivity index (χ0n) is 8.80. The van der Waals surface area contributed by atoms with Gasteiger partial charge in [-0.2, -0.15) is 0 Å². The first-order valence-corrected chi connectivity index (χ1v) is 4.89. The van der Waals surface area contributed by atoms with Crippen molar-refractivity contribution in [2.45, 2.75) is 6.10 Å². The molecule has 5 nitrogen and oxygen atoms in total. The molecule has 0 saturated heterocycles. The molecular formula is C11H14N2O3. The largest absolute Gasteiger partial charge is 0.387 e. The Morgan fingerprint density at radius 2 is 2.12 bits per heavy atom. The van der Waals surface area contributed by atoms with Gasteiger partial charge < -0.3 is 10.4 Å². The van der Waals surface area contributed by atoms with E-state index in [1.54, 1.807) is 18.2 Å². The molecule has 0 spiro atoms. The number of nitro benzene ring substituents is 1. The minimum Gasteiger partial charge on any atom is -0.387 e. The van der Waals surface area contributed by atoms with Crippen LogP contribution in [0.25, 0.3) is 0 Å². The van der Waals surface area contributed by atoms with Gasteiger partial charge in [0.25, 0.3) is 5.69 Å². The van der Waals surface area contributed by atoms with Crippen molar-refractivity contribution < 1.29 is 10.0 Å². The van der Waals surface area contributed by atoms with Crippen LogP contribution in [0.2, 0.25) is 0 Å². The second-order valence-electron chi connectivity index (χ2n) is 3.31. The fraction of sp³-hybridized carbons (Fsp3) is 0.273. The van der Waals surface area contributed by atoms with Crippen molar-refractivity contribution in [1.29, 1.82) is 0 Å². The molecule has 0 heterocycles. The molecule has 0 radical (unpaired) electrons. The number of nitrogens with one attached hydrogen (secondary N) is 1. The van der Waals surface area contributed by atoms with Gasteiger partial charge in [-0.1, -0.05) is 6.08 Å². The summed E-state index contributed by atoms with van der Waals surface area (Å²) >= 11 is 0.